The number of ether oxygens (including phenoxy) is 1. The number of carbonyl (C=O) groups excluding carboxylic acids is 2. The fraction of sp³-hybridized carbons (Fsp3) is 0.429. The number of benzene rings is 1. The molecule has 0 radical (unpaired) electrons. The van der Waals surface area contributed by atoms with Gasteiger partial charge in [0.15, 0.2) is 0 Å². The molecule has 0 N–H and O–H groups in total. The summed E-state index contributed by atoms with van der Waals surface area (Å²) in [5.74, 6) is -0.597. The quantitative estimate of drug-likeness (QED) is 0.632. The van der Waals surface area contributed by atoms with Crippen LogP contribution in [-0.4, -0.2) is 25.0 Å². The number of rotatable bonds is 3. The van der Waals surface area contributed by atoms with Gasteiger partial charge in [-0.2, -0.15) is 0 Å². The molecule has 1 aliphatic heterocycles. The van der Waals surface area contributed by atoms with Crippen molar-refractivity contribution in [3.63, 3.8) is 0 Å². The van der Waals surface area contributed by atoms with E-state index in [1.54, 1.807) is 18.7 Å². The minimum Gasteiger partial charge on any atom is -0.465 e. The van der Waals surface area contributed by atoms with E-state index in [9.17, 15) is 9.59 Å². The third-order valence-electron chi connectivity index (χ3n) is 3.35. The first-order valence-electron chi connectivity index (χ1n) is 6.14. The molecule has 0 aliphatic carbocycles. The number of nitrogens with zero attached hydrogens (tertiary/aromatic N) is 1. The molecule has 1 aromatic rings. The van der Waals surface area contributed by atoms with Crippen LogP contribution in [0.3, 0.4) is 0 Å². The molecule has 1 heterocycles. The summed E-state index contributed by atoms with van der Waals surface area (Å²) in [6.45, 7) is 4.26. The highest BCUT2D eigenvalue weighted by molar-refractivity contribution is 6.11. The third kappa shape index (κ3) is 2.73. The largest absolute Gasteiger partial charge is 0.465 e. The van der Waals surface area contributed by atoms with E-state index in [-0.39, 0.29) is 18.3 Å². The second-order valence-electron chi connectivity index (χ2n) is 4.59. The normalized spacial score (nSPS) is 22.0. The van der Waals surface area contributed by atoms with Crippen molar-refractivity contribution in [2.24, 2.45) is 5.41 Å². The predicted octanol–water partition coefficient (Wildman–Crippen LogP) is 2.41. The first-order chi connectivity index (χ1) is 8.59. The van der Waals surface area contributed by atoms with Crippen molar-refractivity contribution in [3.05, 3.63) is 30.3 Å². The van der Waals surface area contributed by atoms with Gasteiger partial charge in [0.1, 0.15) is 5.41 Å². The summed E-state index contributed by atoms with van der Waals surface area (Å²) in [5.41, 5.74) is -0.207. The molecule has 1 amide bonds. The van der Waals surface area contributed by atoms with Gasteiger partial charge >= 0.3 is 5.97 Å². The molecule has 1 atom stereocenters. The molecule has 5 heteroatoms. The van der Waals surface area contributed by atoms with Gasteiger partial charge in [0, 0.05) is 12.2 Å². The summed E-state index contributed by atoms with van der Waals surface area (Å²) >= 11 is 0. The Morgan fingerprint density at radius 1 is 1.37 bits per heavy atom. The molecule has 0 aromatic heterocycles. The lowest BCUT2D eigenvalue weighted by Gasteiger charge is -2.21. The Morgan fingerprint density at radius 2 is 2.00 bits per heavy atom. The van der Waals surface area contributed by atoms with Gasteiger partial charge < -0.3 is 9.64 Å². The standard InChI is InChI=1S/C14H17NO3.ClH/c1-3-18-13(17)14(2)9-10-15(12(14)16)11-7-5-4-6-8-11;/h4-8H,3,9-10H2,1-2H3;1H. The highest BCUT2D eigenvalue weighted by atomic mass is 35.5. The van der Waals surface area contributed by atoms with E-state index in [0.717, 1.165) is 5.69 Å². The summed E-state index contributed by atoms with van der Waals surface area (Å²) in [4.78, 5) is 25.9. The number of amides is 1. The molecular weight excluding hydrogens is 266 g/mol. The SMILES string of the molecule is CCOC(=O)C1(C)CCN(c2ccccc2)C1=O.Cl. The van der Waals surface area contributed by atoms with Gasteiger partial charge in [-0.05, 0) is 32.4 Å². The molecule has 2 rings (SSSR count). The van der Waals surface area contributed by atoms with Gasteiger partial charge in [-0.1, -0.05) is 18.2 Å². The van der Waals surface area contributed by atoms with E-state index < -0.39 is 11.4 Å². The van der Waals surface area contributed by atoms with Gasteiger partial charge in [-0.25, -0.2) is 0 Å². The number of esters is 1. The summed E-state index contributed by atoms with van der Waals surface area (Å²) in [5, 5.41) is 0. The van der Waals surface area contributed by atoms with Crippen molar-refractivity contribution < 1.29 is 14.3 Å². The molecule has 1 aliphatic rings. The maximum Gasteiger partial charge on any atom is 0.321 e. The van der Waals surface area contributed by atoms with Crippen LogP contribution in [0.25, 0.3) is 0 Å². The number of para-hydroxylation sites is 1. The lowest BCUT2D eigenvalue weighted by Crippen LogP contribution is -2.39. The van der Waals surface area contributed by atoms with Crippen LogP contribution in [-0.2, 0) is 14.3 Å². The minimum atomic E-state index is -1.04. The number of halogens is 1. The third-order valence-corrected chi connectivity index (χ3v) is 3.35. The van der Waals surface area contributed by atoms with E-state index in [2.05, 4.69) is 0 Å². The summed E-state index contributed by atoms with van der Waals surface area (Å²) < 4.78 is 5.00. The predicted molar refractivity (Wildman–Crippen MR) is 75.4 cm³/mol. The van der Waals surface area contributed by atoms with Crippen LogP contribution in [0, 0.1) is 5.41 Å². The summed E-state index contributed by atoms with van der Waals surface area (Å²) in [7, 11) is 0. The molecule has 0 saturated carbocycles. The summed E-state index contributed by atoms with van der Waals surface area (Å²) in [6, 6.07) is 9.39. The van der Waals surface area contributed by atoms with Crippen LogP contribution in [0.4, 0.5) is 5.69 Å². The molecule has 1 fully saturated rings. The van der Waals surface area contributed by atoms with Crippen LogP contribution in [0.5, 0.6) is 0 Å². The van der Waals surface area contributed by atoms with E-state index in [0.29, 0.717) is 19.6 Å². The fourth-order valence-electron chi connectivity index (χ4n) is 2.18. The fourth-order valence-corrected chi connectivity index (χ4v) is 2.18. The van der Waals surface area contributed by atoms with Crippen molar-refractivity contribution in [1.82, 2.24) is 0 Å². The Labute approximate surface area is 119 Å². The van der Waals surface area contributed by atoms with Crippen molar-refractivity contribution in [2.45, 2.75) is 20.3 Å². The van der Waals surface area contributed by atoms with Crippen molar-refractivity contribution in [3.8, 4) is 0 Å². The molecule has 1 saturated heterocycles. The average molecular weight is 284 g/mol. The van der Waals surface area contributed by atoms with E-state index in [1.807, 2.05) is 30.3 Å². The van der Waals surface area contributed by atoms with E-state index >= 15 is 0 Å². The van der Waals surface area contributed by atoms with Crippen LogP contribution in [0.15, 0.2) is 30.3 Å². The smallest absolute Gasteiger partial charge is 0.321 e. The minimum absolute atomic E-state index is 0. The Kier molecular flexibility index (Phi) is 4.95. The topological polar surface area (TPSA) is 46.6 Å². The first kappa shape index (κ1) is 15.5. The van der Waals surface area contributed by atoms with Crippen LogP contribution in [0.1, 0.15) is 20.3 Å². The summed E-state index contributed by atoms with van der Waals surface area (Å²) in [6.07, 6.45) is 0.500. The Morgan fingerprint density at radius 3 is 2.58 bits per heavy atom. The van der Waals surface area contributed by atoms with Crippen LogP contribution >= 0.6 is 12.4 Å². The second kappa shape index (κ2) is 6.06. The zero-order valence-electron chi connectivity index (χ0n) is 11.1. The van der Waals surface area contributed by atoms with Gasteiger partial charge in [-0.15, -0.1) is 12.4 Å². The average Bonchev–Trinajstić information content (AvgIpc) is 2.69. The molecule has 19 heavy (non-hydrogen) atoms. The van der Waals surface area contributed by atoms with Gasteiger partial charge in [-0.3, -0.25) is 9.59 Å². The zero-order chi connectivity index (χ0) is 13.2. The molecule has 0 bridgehead atoms. The van der Waals surface area contributed by atoms with Crippen molar-refractivity contribution >= 4 is 30.0 Å². The van der Waals surface area contributed by atoms with Gasteiger partial charge in [0.25, 0.3) is 0 Å². The van der Waals surface area contributed by atoms with Crippen molar-refractivity contribution in [1.29, 1.82) is 0 Å². The second-order valence-corrected chi connectivity index (χ2v) is 4.59. The molecule has 104 valence electrons. The molecule has 0 spiro atoms. The van der Waals surface area contributed by atoms with Crippen molar-refractivity contribution in [2.75, 3.05) is 18.1 Å². The highest BCUT2D eigenvalue weighted by Gasteiger charge is 2.50. The van der Waals surface area contributed by atoms with Gasteiger partial charge in [0.2, 0.25) is 5.91 Å². The number of carbonyl (C=O) groups is 2. The lowest BCUT2D eigenvalue weighted by atomic mass is 9.89. The molecule has 4 nitrogen and oxygen atoms in total. The maximum atomic E-state index is 12.4. The van der Waals surface area contributed by atoms with E-state index in [4.69, 9.17) is 4.74 Å². The van der Waals surface area contributed by atoms with Gasteiger partial charge in [0.05, 0.1) is 6.61 Å². The molecular formula is C14H18ClNO3. The lowest BCUT2D eigenvalue weighted by molar-refractivity contribution is -0.157. The Hall–Kier alpha value is -1.55. The number of hydrogen-bond acceptors (Lipinski definition) is 3. The maximum absolute atomic E-state index is 12.4. The number of anilines is 1. The highest BCUT2D eigenvalue weighted by Crippen LogP contribution is 2.35. The zero-order valence-corrected chi connectivity index (χ0v) is 11.9. The molecule has 1 aromatic carbocycles. The molecule has 1 unspecified atom stereocenters. The van der Waals surface area contributed by atoms with E-state index in [1.165, 1.54) is 0 Å². The monoisotopic (exact) mass is 283 g/mol. The van der Waals surface area contributed by atoms with Crippen LogP contribution < -0.4 is 4.90 Å². The Balaban J connectivity index is 0.00000180. The number of hydrogen-bond donors (Lipinski definition) is 0. The Bertz CT molecular complexity index is 463. The first-order valence-corrected chi connectivity index (χ1v) is 6.14. The van der Waals surface area contributed by atoms with Crippen LogP contribution in [0.2, 0.25) is 0 Å².